The predicted octanol–water partition coefficient (Wildman–Crippen LogP) is 6.21. The molecule has 33 heavy (non-hydrogen) atoms. The summed E-state index contributed by atoms with van der Waals surface area (Å²) in [6.07, 6.45) is 0. The number of benzene rings is 3. The van der Waals surface area contributed by atoms with Gasteiger partial charge in [0.1, 0.15) is 23.7 Å². The van der Waals surface area contributed by atoms with Gasteiger partial charge in [-0.25, -0.2) is 0 Å². The van der Waals surface area contributed by atoms with Crippen LogP contribution in [0, 0.1) is 17.0 Å². The largest absolute Gasteiger partial charge is 0.497 e. The summed E-state index contributed by atoms with van der Waals surface area (Å²) in [6.45, 7) is 6.46. The number of halogens is 1. The number of methoxy groups -OCH3 is 1. The smallest absolute Gasteiger partial charge is 0.283 e. The van der Waals surface area contributed by atoms with Crippen LogP contribution >= 0.6 is 15.9 Å². The molecule has 0 radical (unpaired) electrons. The van der Waals surface area contributed by atoms with Gasteiger partial charge in [-0.2, -0.15) is 0 Å². The molecule has 0 spiro atoms. The molecule has 174 valence electrons. The summed E-state index contributed by atoms with van der Waals surface area (Å²) in [5.74, 6) is 0.517. The fourth-order valence-corrected chi connectivity index (χ4v) is 3.30. The van der Waals surface area contributed by atoms with Crippen LogP contribution in [0.4, 0.5) is 5.69 Å². The number of rotatable bonds is 8. The van der Waals surface area contributed by atoms with Crippen molar-refractivity contribution in [1.82, 2.24) is 5.32 Å². The van der Waals surface area contributed by atoms with E-state index >= 15 is 0 Å². The fourth-order valence-electron chi connectivity index (χ4n) is 2.85. The Morgan fingerprint density at radius 3 is 2.21 bits per heavy atom. The number of carbonyl (C=O) groups is 1. The molecule has 0 aliphatic rings. The summed E-state index contributed by atoms with van der Waals surface area (Å²) in [6, 6.07) is 17.7. The number of nitro groups is 1. The Balaban J connectivity index is 0.00000187. The van der Waals surface area contributed by atoms with Gasteiger partial charge in [-0.15, -0.1) is 0 Å². The highest BCUT2D eigenvalue weighted by Gasteiger charge is 2.23. The first kappa shape index (κ1) is 25.9. The van der Waals surface area contributed by atoms with Crippen LogP contribution in [0.15, 0.2) is 65.1 Å². The Kier molecular flexibility index (Phi) is 9.87. The molecule has 0 aliphatic carbocycles. The van der Waals surface area contributed by atoms with Crippen molar-refractivity contribution in [3.05, 3.63) is 97.5 Å². The summed E-state index contributed by atoms with van der Waals surface area (Å²) in [5, 5.41) is 14.2. The van der Waals surface area contributed by atoms with Crippen LogP contribution in [-0.4, -0.2) is 17.9 Å². The van der Waals surface area contributed by atoms with Crippen molar-refractivity contribution in [3.63, 3.8) is 0 Å². The van der Waals surface area contributed by atoms with Gasteiger partial charge in [0.2, 0.25) is 0 Å². The molecule has 0 aliphatic heterocycles. The van der Waals surface area contributed by atoms with Crippen molar-refractivity contribution in [2.75, 3.05) is 7.11 Å². The monoisotopic (exact) mass is 514 g/mol. The van der Waals surface area contributed by atoms with Crippen molar-refractivity contribution in [3.8, 4) is 11.5 Å². The Morgan fingerprint density at radius 2 is 1.64 bits per heavy atom. The van der Waals surface area contributed by atoms with Crippen LogP contribution < -0.4 is 14.8 Å². The van der Waals surface area contributed by atoms with Crippen molar-refractivity contribution in [2.24, 2.45) is 0 Å². The average Bonchev–Trinajstić information content (AvgIpc) is 2.84. The maximum Gasteiger partial charge on any atom is 0.283 e. The van der Waals surface area contributed by atoms with Gasteiger partial charge in [-0.3, -0.25) is 14.9 Å². The summed E-state index contributed by atoms with van der Waals surface area (Å²) in [7, 11) is 1.59. The third kappa shape index (κ3) is 7.32. The van der Waals surface area contributed by atoms with E-state index in [1.54, 1.807) is 7.11 Å². The number of hydrogen-bond donors (Lipinski definition) is 1. The van der Waals surface area contributed by atoms with Gasteiger partial charge in [0, 0.05) is 18.7 Å². The molecular formula is C25H27BrN2O5. The molecule has 0 aromatic heterocycles. The van der Waals surface area contributed by atoms with E-state index in [2.05, 4.69) is 21.2 Å². The van der Waals surface area contributed by atoms with Crippen LogP contribution in [0.1, 0.15) is 40.9 Å². The highest BCUT2D eigenvalue weighted by atomic mass is 79.9. The quantitative estimate of drug-likeness (QED) is 0.285. The molecule has 3 aromatic carbocycles. The molecule has 0 heterocycles. The van der Waals surface area contributed by atoms with Crippen molar-refractivity contribution >= 4 is 27.5 Å². The fraction of sp³-hybridized carbons (Fsp3) is 0.240. The van der Waals surface area contributed by atoms with E-state index in [1.807, 2.05) is 69.3 Å². The molecule has 1 N–H and O–H groups in total. The number of amides is 1. The second-order valence-electron chi connectivity index (χ2n) is 6.86. The zero-order chi connectivity index (χ0) is 24.4. The molecule has 3 rings (SSSR count). The minimum atomic E-state index is -0.585. The first-order chi connectivity index (χ1) is 15.9. The number of nitrogens with one attached hydrogen (secondary N) is 1. The Morgan fingerprint density at radius 1 is 1.03 bits per heavy atom. The minimum absolute atomic E-state index is 0.0648. The lowest BCUT2D eigenvalue weighted by molar-refractivity contribution is -0.385. The second kappa shape index (κ2) is 12.6. The first-order valence-electron chi connectivity index (χ1n) is 10.4. The van der Waals surface area contributed by atoms with Gasteiger partial charge in [0.15, 0.2) is 0 Å². The Labute approximate surface area is 202 Å². The SMILES string of the molecule is CC.COc1ccc(COc2cc(C(=O)NCc3ccc(C)cc3)c([N+](=O)[O-])cc2Br)cc1. The number of carbonyl (C=O) groups excluding carboxylic acids is 1. The third-order valence-electron chi connectivity index (χ3n) is 4.62. The minimum Gasteiger partial charge on any atom is -0.497 e. The van der Waals surface area contributed by atoms with Crippen LogP contribution in [0.25, 0.3) is 0 Å². The lowest BCUT2D eigenvalue weighted by Crippen LogP contribution is -2.23. The zero-order valence-electron chi connectivity index (χ0n) is 19.1. The summed E-state index contributed by atoms with van der Waals surface area (Å²) >= 11 is 3.30. The molecule has 0 saturated heterocycles. The second-order valence-corrected chi connectivity index (χ2v) is 7.72. The van der Waals surface area contributed by atoms with E-state index in [4.69, 9.17) is 9.47 Å². The zero-order valence-corrected chi connectivity index (χ0v) is 20.6. The van der Waals surface area contributed by atoms with Crippen LogP contribution in [0.2, 0.25) is 0 Å². The molecule has 0 fully saturated rings. The highest BCUT2D eigenvalue weighted by molar-refractivity contribution is 9.10. The number of hydrogen-bond acceptors (Lipinski definition) is 5. The number of nitro benzene ring substituents is 1. The Hall–Kier alpha value is -3.39. The summed E-state index contributed by atoms with van der Waals surface area (Å²) in [5.41, 5.74) is 2.53. The normalized spacial score (nSPS) is 9.97. The van der Waals surface area contributed by atoms with E-state index in [0.29, 0.717) is 10.2 Å². The van der Waals surface area contributed by atoms with E-state index < -0.39 is 10.8 Å². The van der Waals surface area contributed by atoms with Crippen LogP contribution in [0.3, 0.4) is 0 Å². The molecule has 8 heteroatoms. The van der Waals surface area contributed by atoms with Crippen molar-refractivity contribution < 1.29 is 19.2 Å². The average molecular weight is 515 g/mol. The Bertz CT molecular complexity index is 1080. The first-order valence-corrected chi connectivity index (χ1v) is 11.2. The molecular weight excluding hydrogens is 488 g/mol. The van der Waals surface area contributed by atoms with Crippen LogP contribution in [-0.2, 0) is 13.2 Å². The molecule has 3 aromatic rings. The van der Waals surface area contributed by atoms with E-state index in [1.165, 1.54) is 12.1 Å². The van der Waals surface area contributed by atoms with E-state index in [-0.39, 0.29) is 24.4 Å². The standard InChI is InChI=1S/C23H21BrN2O5.C2H6/c1-15-3-5-16(6-4-15)13-25-23(27)19-11-22(20(24)12-21(19)26(28)29)31-14-17-7-9-18(30-2)10-8-17;1-2/h3-12H,13-14H2,1-2H3,(H,25,27);1-2H3. The molecule has 7 nitrogen and oxygen atoms in total. The van der Waals surface area contributed by atoms with Gasteiger partial charge >= 0.3 is 0 Å². The summed E-state index contributed by atoms with van der Waals surface area (Å²) < 4.78 is 11.3. The van der Waals surface area contributed by atoms with Crippen LogP contribution in [0.5, 0.6) is 11.5 Å². The topological polar surface area (TPSA) is 90.7 Å². The van der Waals surface area contributed by atoms with Gasteiger partial charge < -0.3 is 14.8 Å². The molecule has 0 bridgehead atoms. The van der Waals surface area contributed by atoms with Gasteiger partial charge in [-0.1, -0.05) is 55.8 Å². The predicted molar refractivity (Wildman–Crippen MR) is 132 cm³/mol. The van der Waals surface area contributed by atoms with Gasteiger partial charge in [0.25, 0.3) is 11.6 Å². The maximum atomic E-state index is 12.7. The third-order valence-corrected chi connectivity index (χ3v) is 5.24. The molecule has 0 saturated carbocycles. The molecule has 1 amide bonds. The van der Waals surface area contributed by atoms with E-state index in [0.717, 1.165) is 22.4 Å². The van der Waals surface area contributed by atoms with Crippen molar-refractivity contribution in [2.45, 2.75) is 33.9 Å². The number of ether oxygens (including phenoxy) is 2. The number of aryl methyl sites for hydroxylation is 1. The van der Waals surface area contributed by atoms with Gasteiger partial charge in [0.05, 0.1) is 16.5 Å². The maximum absolute atomic E-state index is 12.7. The van der Waals surface area contributed by atoms with Crippen molar-refractivity contribution in [1.29, 1.82) is 0 Å². The number of nitrogens with zero attached hydrogens (tertiary/aromatic N) is 1. The lowest BCUT2D eigenvalue weighted by Gasteiger charge is -2.12. The van der Waals surface area contributed by atoms with E-state index in [9.17, 15) is 14.9 Å². The molecule has 0 unspecified atom stereocenters. The highest BCUT2D eigenvalue weighted by Crippen LogP contribution is 2.33. The molecule has 0 atom stereocenters. The van der Waals surface area contributed by atoms with Gasteiger partial charge in [-0.05, 0) is 46.1 Å². The lowest BCUT2D eigenvalue weighted by atomic mass is 10.1. The summed E-state index contributed by atoms with van der Waals surface area (Å²) in [4.78, 5) is 23.6.